The molecule has 1 aromatic carbocycles. The van der Waals surface area contributed by atoms with Crippen molar-refractivity contribution in [2.24, 2.45) is 10.2 Å². The molecule has 6 heteroatoms. The molecule has 3 N–H and O–H groups in total. The number of nitrogens with zero attached hydrogens (tertiary/aromatic N) is 1. The van der Waals surface area contributed by atoms with Gasteiger partial charge in [0.15, 0.2) is 0 Å². The average molecular weight is 302 g/mol. The highest BCUT2D eigenvalue weighted by molar-refractivity contribution is 8.00. The van der Waals surface area contributed by atoms with Crippen molar-refractivity contribution in [1.82, 2.24) is 5.43 Å². The summed E-state index contributed by atoms with van der Waals surface area (Å²) >= 11 is 8.78. The van der Waals surface area contributed by atoms with Gasteiger partial charge in [-0.05, 0) is 55.4 Å². The summed E-state index contributed by atoms with van der Waals surface area (Å²) < 4.78 is 0. The predicted molar refractivity (Wildman–Crippen MR) is 83.6 cm³/mol. The number of nitrogens with one attached hydrogen (secondary N) is 1. The highest BCUT2D eigenvalue weighted by Crippen LogP contribution is 2.28. The van der Waals surface area contributed by atoms with Crippen molar-refractivity contribution in [2.45, 2.75) is 25.7 Å². The Morgan fingerprint density at radius 1 is 1.44 bits per heavy atom. The van der Waals surface area contributed by atoms with E-state index in [0.717, 1.165) is 33.4 Å². The molecule has 0 atom stereocenters. The Balaban J connectivity index is 2.65. The maximum absolute atomic E-state index is 6.07. The molecule has 3 nitrogen and oxygen atoms in total. The molecule has 0 fully saturated rings. The number of aryl methyl sites for hydroxylation is 2. The molecular weight excluding hydrogens is 286 g/mol. The molecule has 98 valence electrons. The molecule has 1 aromatic rings. The van der Waals surface area contributed by atoms with Crippen LogP contribution >= 0.6 is 34.7 Å². The fourth-order valence-electron chi connectivity index (χ4n) is 1.27. The lowest BCUT2D eigenvalue weighted by Crippen LogP contribution is -2.03. The van der Waals surface area contributed by atoms with Crippen molar-refractivity contribution >= 4 is 40.4 Å². The zero-order valence-electron chi connectivity index (χ0n) is 10.6. The summed E-state index contributed by atoms with van der Waals surface area (Å²) in [5, 5.41) is 12.7. The molecule has 0 amide bonds. The van der Waals surface area contributed by atoms with Crippen LogP contribution in [-0.4, -0.2) is 11.5 Å². The molecule has 0 saturated heterocycles. The standard InChI is InChI=1S/C12H16ClN3S2/c1-8-5-12(9(2)4-11(8)13)17-6-10(3)16-15-7-18-14/h4-5,15H,6,14H2,1-3H3/b16-10+. The van der Waals surface area contributed by atoms with Gasteiger partial charge in [-0.15, -0.1) is 11.8 Å². The van der Waals surface area contributed by atoms with E-state index in [4.69, 9.17) is 16.7 Å². The summed E-state index contributed by atoms with van der Waals surface area (Å²) in [5.41, 5.74) is 5.91. The SMILES string of the molecule is C/C(CSc1cc(C)c(Cl)cc1C)=N\NC#SN. The van der Waals surface area contributed by atoms with Gasteiger partial charge in [0.25, 0.3) is 0 Å². The van der Waals surface area contributed by atoms with E-state index in [1.54, 1.807) is 11.8 Å². The number of hydrogen-bond donors (Lipinski definition) is 2. The molecule has 0 radical (unpaired) electrons. The Hall–Kier alpha value is -0.710. The van der Waals surface area contributed by atoms with Crippen LogP contribution < -0.4 is 10.6 Å². The third-order valence-corrected chi connectivity index (χ3v) is 4.17. The molecule has 0 saturated carbocycles. The van der Waals surface area contributed by atoms with Crippen molar-refractivity contribution in [1.29, 1.82) is 0 Å². The second-order valence-electron chi connectivity index (χ2n) is 3.83. The first-order chi connectivity index (χ1) is 8.54. The van der Waals surface area contributed by atoms with E-state index in [1.165, 1.54) is 10.5 Å². The quantitative estimate of drug-likeness (QED) is 0.294. The molecule has 0 aliphatic rings. The predicted octanol–water partition coefficient (Wildman–Crippen LogP) is 3.54. The van der Waals surface area contributed by atoms with Crippen LogP contribution in [0.1, 0.15) is 18.1 Å². The lowest BCUT2D eigenvalue weighted by molar-refractivity contribution is 1.01. The average Bonchev–Trinajstić information content (AvgIpc) is 2.32. The second kappa shape index (κ2) is 7.67. The summed E-state index contributed by atoms with van der Waals surface area (Å²) in [4.78, 5) is 1.23. The van der Waals surface area contributed by atoms with Crippen molar-refractivity contribution < 1.29 is 0 Å². The van der Waals surface area contributed by atoms with Crippen molar-refractivity contribution in [3.05, 3.63) is 28.3 Å². The van der Waals surface area contributed by atoms with Crippen LogP contribution in [0.2, 0.25) is 5.02 Å². The van der Waals surface area contributed by atoms with Gasteiger partial charge in [0.05, 0.1) is 5.31 Å². The zero-order valence-corrected chi connectivity index (χ0v) is 13.0. The molecule has 1 rings (SSSR count). The minimum absolute atomic E-state index is 0.811. The van der Waals surface area contributed by atoms with Crippen LogP contribution in [0.25, 0.3) is 0 Å². The molecule has 0 aliphatic heterocycles. The Kier molecular flexibility index (Phi) is 6.54. The monoisotopic (exact) mass is 301 g/mol. The van der Waals surface area contributed by atoms with Gasteiger partial charge in [-0.25, -0.2) is 5.43 Å². The molecule has 0 aromatic heterocycles. The maximum atomic E-state index is 6.07. The highest BCUT2D eigenvalue weighted by atomic mass is 35.5. The molecule has 0 heterocycles. The second-order valence-corrected chi connectivity index (χ2v) is 5.70. The first-order valence-corrected chi connectivity index (χ1v) is 7.57. The third-order valence-electron chi connectivity index (χ3n) is 2.24. The van der Waals surface area contributed by atoms with E-state index in [-0.39, 0.29) is 0 Å². The molecule has 0 bridgehead atoms. The number of hydrazone groups is 1. The minimum Gasteiger partial charge on any atom is -0.251 e. The zero-order chi connectivity index (χ0) is 13.5. The lowest BCUT2D eigenvalue weighted by atomic mass is 10.2. The van der Waals surface area contributed by atoms with Gasteiger partial charge in [0.2, 0.25) is 0 Å². The summed E-state index contributed by atoms with van der Waals surface area (Å²) in [6.07, 6.45) is 0. The molecule has 18 heavy (non-hydrogen) atoms. The van der Waals surface area contributed by atoms with Gasteiger partial charge in [-0.2, -0.15) is 5.10 Å². The molecule has 0 aliphatic carbocycles. The normalized spacial score (nSPS) is 11.1. The largest absolute Gasteiger partial charge is 0.251 e. The van der Waals surface area contributed by atoms with E-state index in [2.05, 4.69) is 28.8 Å². The van der Waals surface area contributed by atoms with Gasteiger partial charge >= 0.3 is 0 Å². The fourth-order valence-corrected chi connectivity index (χ4v) is 2.56. The number of halogens is 1. The van der Waals surface area contributed by atoms with Gasteiger partial charge in [0, 0.05) is 21.4 Å². The van der Waals surface area contributed by atoms with Gasteiger partial charge in [-0.3, -0.25) is 5.14 Å². The van der Waals surface area contributed by atoms with E-state index in [9.17, 15) is 0 Å². The van der Waals surface area contributed by atoms with Crippen LogP contribution in [0, 0.1) is 19.2 Å². The van der Waals surface area contributed by atoms with E-state index in [0.29, 0.717) is 0 Å². The van der Waals surface area contributed by atoms with Crippen molar-refractivity contribution in [2.75, 3.05) is 5.75 Å². The van der Waals surface area contributed by atoms with Crippen molar-refractivity contribution in [3.8, 4) is 5.31 Å². The summed E-state index contributed by atoms with van der Waals surface area (Å²) in [6, 6.07) is 4.10. The summed E-state index contributed by atoms with van der Waals surface area (Å²) in [5.74, 6) is 0.811. The van der Waals surface area contributed by atoms with Crippen molar-refractivity contribution in [3.63, 3.8) is 0 Å². The first kappa shape index (κ1) is 15.3. The first-order valence-electron chi connectivity index (χ1n) is 5.33. The maximum Gasteiger partial charge on any atom is 0.0568 e. The minimum atomic E-state index is 0.811. The van der Waals surface area contributed by atoms with E-state index in [1.807, 2.05) is 19.9 Å². The Morgan fingerprint density at radius 3 is 2.83 bits per heavy atom. The molecule has 0 unspecified atom stereocenters. The third kappa shape index (κ3) is 4.88. The van der Waals surface area contributed by atoms with Crippen LogP contribution in [0.4, 0.5) is 0 Å². The Bertz CT molecular complexity index is 518. The smallest absolute Gasteiger partial charge is 0.0568 e. The number of thioether (sulfide) groups is 1. The molecule has 0 spiro atoms. The number of hydrogen-bond acceptors (Lipinski definition) is 4. The van der Waals surface area contributed by atoms with Gasteiger partial charge < -0.3 is 0 Å². The summed E-state index contributed by atoms with van der Waals surface area (Å²) in [6.45, 7) is 6.03. The lowest BCUT2D eigenvalue weighted by Gasteiger charge is -2.08. The van der Waals surface area contributed by atoms with Crippen LogP contribution in [0.15, 0.2) is 22.1 Å². The number of benzene rings is 1. The number of nitrogens with two attached hydrogens (primary N) is 1. The number of rotatable bonds is 4. The molecular formula is C12H16ClN3S2. The topological polar surface area (TPSA) is 50.4 Å². The highest BCUT2D eigenvalue weighted by Gasteiger charge is 2.04. The Labute approximate surface area is 121 Å². The Morgan fingerprint density at radius 2 is 2.17 bits per heavy atom. The van der Waals surface area contributed by atoms with Crippen LogP contribution in [0.5, 0.6) is 0 Å². The van der Waals surface area contributed by atoms with Crippen LogP contribution in [-0.2, 0) is 0 Å². The van der Waals surface area contributed by atoms with Gasteiger partial charge in [-0.1, -0.05) is 11.6 Å². The van der Waals surface area contributed by atoms with Gasteiger partial charge in [0.1, 0.15) is 0 Å². The van der Waals surface area contributed by atoms with E-state index >= 15 is 0 Å². The summed E-state index contributed by atoms with van der Waals surface area (Å²) in [7, 11) is 0. The fraction of sp³-hybridized carbons (Fsp3) is 0.333. The van der Waals surface area contributed by atoms with Crippen LogP contribution in [0.3, 0.4) is 0 Å². The van der Waals surface area contributed by atoms with E-state index < -0.39 is 0 Å².